The summed E-state index contributed by atoms with van der Waals surface area (Å²) in [5.74, 6) is 0.0516. The molecule has 134 valence electrons. The Morgan fingerprint density at radius 3 is 2.88 bits per heavy atom. The first-order valence-electron chi connectivity index (χ1n) is 9.33. The zero-order valence-electron chi connectivity index (χ0n) is 14.6. The number of fused-ring (bicyclic) bond motifs is 3. The van der Waals surface area contributed by atoms with E-state index in [1.807, 2.05) is 0 Å². The quantitative estimate of drug-likeness (QED) is 0.823. The standard InChI is InChI=1S/C20H24ClNO3/c1-2-12-6-3-4-9-22(12)11-16-18(23)17(21)10-15-13-7-5-8-14(13)20(24)25-19(15)16/h10,12,23H,2-9,11H2,1H3/t12-/m1/s1. The lowest BCUT2D eigenvalue weighted by atomic mass is 9.97. The lowest BCUT2D eigenvalue weighted by Gasteiger charge is -2.35. The monoisotopic (exact) mass is 361 g/mol. The van der Waals surface area contributed by atoms with Crippen molar-refractivity contribution in [3.8, 4) is 5.75 Å². The Hall–Kier alpha value is -1.52. The topological polar surface area (TPSA) is 53.7 Å². The molecule has 2 aromatic rings. The van der Waals surface area contributed by atoms with E-state index in [-0.39, 0.29) is 11.4 Å². The zero-order chi connectivity index (χ0) is 17.6. The van der Waals surface area contributed by atoms with Gasteiger partial charge >= 0.3 is 5.63 Å². The number of benzene rings is 1. The molecule has 2 aliphatic rings. The Labute approximate surface area is 152 Å². The second-order valence-corrected chi connectivity index (χ2v) is 7.70. The van der Waals surface area contributed by atoms with Gasteiger partial charge < -0.3 is 9.52 Å². The number of hydrogen-bond donors (Lipinski definition) is 1. The smallest absolute Gasteiger partial charge is 0.339 e. The number of hydrogen-bond acceptors (Lipinski definition) is 4. The second-order valence-electron chi connectivity index (χ2n) is 7.29. The maximum absolute atomic E-state index is 12.4. The molecule has 25 heavy (non-hydrogen) atoms. The summed E-state index contributed by atoms with van der Waals surface area (Å²) in [6, 6.07) is 2.26. The molecule has 1 aliphatic heterocycles. The van der Waals surface area contributed by atoms with Crippen molar-refractivity contribution < 1.29 is 9.52 Å². The number of piperidine rings is 1. The van der Waals surface area contributed by atoms with Crippen LogP contribution >= 0.6 is 11.6 Å². The lowest BCUT2D eigenvalue weighted by Crippen LogP contribution is -2.38. The van der Waals surface area contributed by atoms with Gasteiger partial charge in [-0.25, -0.2) is 4.79 Å². The van der Waals surface area contributed by atoms with Crippen LogP contribution in [0.1, 0.15) is 55.7 Å². The third-order valence-electron chi connectivity index (χ3n) is 5.87. The molecule has 0 bridgehead atoms. The summed E-state index contributed by atoms with van der Waals surface area (Å²) in [7, 11) is 0. The Morgan fingerprint density at radius 2 is 2.08 bits per heavy atom. The average Bonchev–Trinajstić information content (AvgIpc) is 3.11. The highest BCUT2D eigenvalue weighted by Crippen LogP contribution is 2.39. The van der Waals surface area contributed by atoms with Crippen LogP contribution in [0.2, 0.25) is 5.02 Å². The molecule has 2 heterocycles. The Kier molecular flexibility index (Phi) is 4.50. The van der Waals surface area contributed by atoms with Gasteiger partial charge in [0.1, 0.15) is 11.3 Å². The maximum Gasteiger partial charge on any atom is 0.339 e. The highest BCUT2D eigenvalue weighted by molar-refractivity contribution is 6.33. The van der Waals surface area contributed by atoms with Crippen LogP contribution in [0.25, 0.3) is 11.0 Å². The molecule has 1 aromatic heterocycles. The van der Waals surface area contributed by atoms with E-state index in [1.165, 1.54) is 12.8 Å². The first-order valence-corrected chi connectivity index (χ1v) is 9.71. The Balaban J connectivity index is 1.86. The molecule has 5 heteroatoms. The number of phenolic OH excluding ortho intramolecular Hbond substituents is 1. The van der Waals surface area contributed by atoms with Crippen LogP contribution in [0.4, 0.5) is 0 Å². The van der Waals surface area contributed by atoms with E-state index in [0.29, 0.717) is 28.8 Å². The van der Waals surface area contributed by atoms with Crippen LogP contribution in [0.5, 0.6) is 5.75 Å². The Bertz CT molecular complexity index is 874. The van der Waals surface area contributed by atoms with Gasteiger partial charge in [-0.2, -0.15) is 0 Å². The van der Waals surface area contributed by atoms with Crippen molar-refractivity contribution >= 4 is 22.6 Å². The molecule has 1 aliphatic carbocycles. The van der Waals surface area contributed by atoms with E-state index < -0.39 is 0 Å². The fraction of sp³-hybridized carbons (Fsp3) is 0.550. The summed E-state index contributed by atoms with van der Waals surface area (Å²) in [4.78, 5) is 14.8. The van der Waals surface area contributed by atoms with Gasteiger partial charge in [-0.1, -0.05) is 24.9 Å². The summed E-state index contributed by atoms with van der Waals surface area (Å²) in [6.07, 6.45) is 7.28. The minimum atomic E-state index is -0.256. The SMILES string of the molecule is CC[C@@H]1CCCCN1Cc1c(O)c(Cl)cc2c3c(c(=O)oc12)CCC3. The van der Waals surface area contributed by atoms with Crippen molar-refractivity contribution in [2.24, 2.45) is 0 Å². The summed E-state index contributed by atoms with van der Waals surface area (Å²) >= 11 is 6.33. The van der Waals surface area contributed by atoms with Crippen LogP contribution in [0.15, 0.2) is 15.3 Å². The molecule has 1 N–H and O–H groups in total. The molecular formula is C20H24ClNO3. The summed E-state index contributed by atoms with van der Waals surface area (Å²) in [5.41, 5.74) is 2.76. The molecule has 1 aromatic carbocycles. The van der Waals surface area contributed by atoms with Crippen molar-refractivity contribution in [1.82, 2.24) is 4.90 Å². The van der Waals surface area contributed by atoms with E-state index in [1.54, 1.807) is 6.07 Å². The molecule has 0 saturated carbocycles. The van der Waals surface area contributed by atoms with Gasteiger partial charge in [0.2, 0.25) is 0 Å². The fourth-order valence-electron chi connectivity index (χ4n) is 4.52. The van der Waals surface area contributed by atoms with Gasteiger partial charge in [-0.15, -0.1) is 0 Å². The molecule has 4 rings (SSSR count). The van der Waals surface area contributed by atoms with Gasteiger partial charge in [-0.05, 0) is 56.7 Å². The molecule has 1 saturated heterocycles. The molecule has 0 spiro atoms. The molecule has 0 amide bonds. The number of rotatable bonds is 3. The minimum absolute atomic E-state index is 0.0516. The van der Waals surface area contributed by atoms with Crippen LogP contribution < -0.4 is 5.63 Å². The summed E-state index contributed by atoms with van der Waals surface area (Å²) in [5, 5.41) is 11.8. The van der Waals surface area contributed by atoms with E-state index >= 15 is 0 Å². The number of nitrogens with zero attached hydrogens (tertiary/aromatic N) is 1. The Morgan fingerprint density at radius 1 is 1.28 bits per heavy atom. The number of phenols is 1. The average molecular weight is 362 g/mol. The molecule has 1 atom stereocenters. The van der Waals surface area contributed by atoms with Gasteiger partial charge in [0.15, 0.2) is 0 Å². The predicted molar refractivity (Wildman–Crippen MR) is 99.5 cm³/mol. The van der Waals surface area contributed by atoms with Crippen LogP contribution in [0, 0.1) is 0 Å². The zero-order valence-corrected chi connectivity index (χ0v) is 15.4. The van der Waals surface area contributed by atoms with Crippen LogP contribution in [0.3, 0.4) is 0 Å². The van der Waals surface area contributed by atoms with Gasteiger partial charge in [0.25, 0.3) is 0 Å². The minimum Gasteiger partial charge on any atom is -0.506 e. The first kappa shape index (κ1) is 16.9. The molecule has 0 unspecified atom stereocenters. The third kappa shape index (κ3) is 2.85. The highest BCUT2D eigenvalue weighted by atomic mass is 35.5. The first-order chi connectivity index (χ1) is 12.1. The van der Waals surface area contributed by atoms with Crippen molar-refractivity contribution in [2.45, 2.75) is 64.5 Å². The van der Waals surface area contributed by atoms with Crippen LogP contribution in [-0.2, 0) is 19.4 Å². The maximum atomic E-state index is 12.4. The summed E-state index contributed by atoms with van der Waals surface area (Å²) in [6.45, 7) is 3.77. The second kappa shape index (κ2) is 6.65. The van der Waals surface area contributed by atoms with Crippen molar-refractivity contribution in [2.75, 3.05) is 6.54 Å². The number of likely N-dealkylation sites (tertiary alicyclic amines) is 1. The molecule has 4 nitrogen and oxygen atoms in total. The third-order valence-corrected chi connectivity index (χ3v) is 6.16. The van der Waals surface area contributed by atoms with Gasteiger partial charge in [-0.3, -0.25) is 4.90 Å². The van der Waals surface area contributed by atoms with Crippen LogP contribution in [-0.4, -0.2) is 22.6 Å². The van der Waals surface area contributed by atoms with E-state index in [2.05, 4.69) is 11.8 Å². The normalized spacial score (nSPS) is 21.0. The van der Waals surface area contributed by atoms with Crippen molar-refractivity contribution in [1.29, 1.82) is 0 Å². The predicted octanol–water partition coefficient (Wildman–Crippen LogP) is 4.41. The number of halogens is 1. The van der Waals surface area contributed by atoms with Crippen molar-refractivity contribution in [3.63, 3.8) is 0 Å². The molecule has 0 radical (unpaired) electrons. The summed E-state index contributed by atoms with van der Waals surface area (Å²) < 4.78 is 5.68. The number of aryl methyl sites for hydroxylation is 1. The van der Waals surface area contributed by atoms with Gasteiger partial charge in [0.05, 0.1) is 10.6 Å². The van der Waals surface area contributed by atoms with Gasteiger partial charge in [0, 0.05) is 23.5 Å². The largest absolute Gasteiger partial charge is 0.506 e. The van der Waals surface area contributed by atoms with E-state index in [0.717, 1.165) is 55.2 Å². The highest BCUT2D eigenvalue weighted by Gasteiger charge is 2.27. The van der Waals surface area contributed by atoms with E-state index in [9.17, 15) is 9.90 Å². The fourth-order valence-corrected chi connectivity index (χ4v) is 4.74. The lowest BCUT2D eigenvalue weighted by molar-refractivity contribution is 0.135. The van der Waals surface area contributed by atoms with E-state index in [4.69, 9.17) is 16.0 Å². The molecular weight excluding hydrogens is 338 g/mol. The molecule has 1 fully saturated rings. The number of aromatic hydroxyl groups is 1. The van der Waals surface area contributed by atoms with Crippen molar-refractivity contribution in [3.05, 3.63) is 38.2 Å².